The molecular weight excluding hydrogens is 164 g/mol. The van der Waals surface area contributed by atoms with Gasteiger partial charge in [0.1, 0.15) is 0 Å². The molecular formula is C10H22OSi. The molecule has 1 aliphatic rings. The summed E-state index contributed by atoms with van der Waals surface area (Å²) in [6, 6.07) is 1.40. The van der Waals surface area contributed by atoms with Gasteiger partial charge in [-0.15, -0.1) is 0 Å². The van der Waals surface area contributed by atoms with Crippen molar-refractivity contribution in [2.75, 3.05) is 6.61 Å². The highest BCUT2D eigenvalue weighted by atomic mass is 28.2. The molecule has 1 nitrogen and oxygen atoms in total. The lowest BCUT2D eigenvalue weighted by molar-refractivity contribution is -0.0257. The molecule has 1 atom stereocenters. The van der Waals surface area contributed by atoms with Crippen LogP contribution < -0.4 is 0 Å². The minimum Gasteiger partial charge on any atom is -0.379 e. The van der Waals surface area contributed by atoms with Crippen LogP contribution in [0.1, 0.15) is 46.0 Å². The average molecular weight is 186 g/mol. The maximum atomic E-state index is 6.01. The second-order valence-electron chi connectivity index (χ2n) is 3.99. The van der Waals surface area contributed by atoms with Gasteiger partial charge in [0.15, 0.2) is 0 Å². The third-order valence-electron chi connectivity index (χ3n) is 2.85. The highest BCUT2D eigenvalue weighted by molar-refractivity contribution is 6.39. The number of rotatable bonds is 4. The fourth-order valence-corrected chi connectivity index (χ4v) is 4.64. The molecule has 1 aliphatic heterocycles. The SMILES string of the molecule is CCCC1([SiH2]CC)CCCCO1. The van der Waals surface area contributed by atoms with E-state index in [2.05, 4.69) is 13.8 Å². The van der Waals surface area contributed by atoms with E-state index in [4.69, 9.17) is 4.74 Å². The van der Waals surface area contributed by atoms with Crippen LogP contribution in [-0.4, -0.2) is 21.4 Å². The largest absolute Gasteiger partial charge is 0.379 e. The maximum absolute atomic E-state index is 6.01. The van der Waals surface area contributed by atoms with Crippen molar-refractivity contribution in [2.24, 2.45) is 0 Å². The summed E-state index contributed by atoms with van der Waals surface area (Å²) in [5.41, 5.74) is 0. The third-order valence-corrected chi connectivity index (χ3v) is 5.17. The smallest absolute Gasteiger partial charge is 0.0592 e. The summed E-state index contributed by atoms with van der Waals surface area (Å²) in [6.45, 7) is 5.64. The van der Waals surface area contributed by atoms with Crippen LogP contribution in [0.15, 0.2) is 0 Å². The van der Waals surface area contributed by atoms with Gasteiger partial charge in [-0.3, -0.25) is 0 Å². The fourth-order valence-electron chi connectivity index (χ4n) is 2.34. The molecule has 0 aromatic heterocycles. The Balaban J connectivity index is 2.44. The van der Waals surface area contributed by atoms with Crippen molar-refractivity contribution in [2.45, 2.75) is 57.2 Å². The lowest BCUT2D eigenvalue weighted by Crippen LogP contribution is -2.41. The molecule has 0 aliphatic carbocycles. The number of ether oxygens (including phenoxy) is 1. The molecule has 0 bridgehead atoms. The highest BCUT2D eigenvalue weighted by Crippen LogP contribution is 2.29. The second kappa shape index (κ2) is 5.03. The standard InChI is InChI=1S/C10H22OSi/c1-3-7-10(12-4-2)8-5-6-9-11-10/h3-9,12H2,1-2H3. The highest BCUT2D eigenvalue weighted by Gasteiger charge is 2.30. The zero-order chi connectivity index (χ0) is 8.86. The Morgan fingerprint density at radius 2 is 2.17 bits per heavy atom. The second-order valence-corrected chi connectivity index (χ2v) is 6.78. The summed E-state index contributed by atoms with van der Waals surface area (Å²) < 4.78 is 6.01. The van der Waals surface area contributed by atoms with E-state index in [1.54, 1.807) is 0 Å². The molecule has 1 heterocycles. The van der Waals surface area contributed by atoms with Gasteiger partial charge in [0.2, 0.25) is 0 Å². The first-order valence-corrected chi connectivity index (χ1v) is 7.17. The van der Waals surface area contributed by atoms with E-state index in [1.807, 2.05) is 0 Å². The third kappa shape index (κ3) is 2.59. The summed E-state index contributed by atoms with van der Waals surface area (Å²) in [4.78, 5) is 0. The van der Waals surface area contributed by atoms with Crippen LogP contribution in [0.5, 0.6) is 0 Å². The van der Waals surface area contributed by atoms with Crippen LogP contribution in [-0.2, 0) is 4.74 Å². The topological polar surface area (TPSA) is 9.23 Å². The van der Waals surface area contributed by atoms with E-state index in [0.29, 0.717) is 5.22 Å². The zero-order valence-corrected chi connectivity index (χ0v) is 9.98. The molecule has 0 amide bonds. The molecule has 1 rings (SSSR count). The van der Waals surface area contributed by atoms with Crippen molar-refractivity contribution in [1.29, 1.82) is 0 Å². The Bertz CT molecular complexity index is 103. The Labute approximate surface area is 78.7 Å². The average Bonchev–Trinajstić information content (AvgIpc) is 2.07. The van der Waals surface area contributed by atoms with E-state index in [-0.39, 0.29) is 9.52 Å². The molecule has 72 valence electrons. The van der Waals surface area contributed by atoms with Crippen LogP contribution in [0.3, 0.4) is 0 Å². The molecule has 0 spiro atoms. The summed E-state index contributed by atoms with van der Waals surface area (Å²) in [6.07, 6.45) is 6.69. The Kier molecular flexibility index (Phi) is 4.30. The van der Waals surface area contributed by atoms with E-state index < -0.39 is 0 Å². The molecule has 12 heavy (non-hydrogen) atoms. The minimum absolute atomic E-state index is 0.0359. The Hall–Kier alpha value is 0.177. The summed E-state index contributed by atoms with van der Waals surface area (Å²) >= 11 is 0. The van der Waals surface area contributed by atoms with Gasteiger partial charge in [0, 0.05) is 6.61 Å². The quantitative estimate of drug-likeness (QED) is 0.612. The van der Waals surface area contributed by atoms with Crippen molar-refractivity contribution >= 4 is 9.52 Å². The minimum atomic E-state index is 0.0359. The monoisotopic (exact) mass is 186 g/mol. The van der Waals surface area contributed by atoms with Gasteiger partial charge in [-0.25, -0.2) is 0 Å². The zero-order valence-electron chi connectivity index (χ0n) is 8.57. The van der Waals surface area contributed by atoms with E-state index >= 15 is 0 Å². The molecule has 2 heteroatoms. The summed E-state index contributed by atoms with van der Waals surface area (Å²) in [7, 11) is 0.0359. The van der Waals surface area contributed by atoms with E-state index in [9.17, 15) is 0 Å². The predicted octanol–water partition coefficient (Wildman–Crippen LogP) is 2.29. The maximum Gasteiger partial charge on any atom is 0.0592 e. The fraction of sp³-hybridized carbons (Fsp3) is 1.00. The Morgan fingerprint density at radius 3 is 2.67 bits per heavy atom. The molecule has 0 aromatic carbocycles. The molecule has 1 unspecified atom stereocenters. The van der Waals surface area contributed by atoms with Gasteiger partial charge >= 0.3 is 0 Å². The Morgan fingerprint density at radius 1 is 1.33 bits per heavy atom. The van der Waals surface area contributed by atoms with Gasteiger partial charge in [-0.2, -0.15) is 0 Å². The van der Waals surface area contributed by atoms with Crippen molar-refractivity contribution in [1.82, 2.24) is 0 Å². The number of hydrogen-bond donors (Lipinski definition) is 0. The van der Waals surface area contributed by atoms with E-state index in [1.165, 1.54) is 38.1 Å². The molecule has 0 aromatic rings. The van der Waals surface area contributed by atoms with Crippen molar-refractivity contribution in [3.63, 3.8) is 0 Å². The van der Waals surface area contributed by atoms with Gasteiger partial charge in [-0.1, -0.05) is 26.3 Å². The van der Waals surface area contributed by atoms with Crippen LogP contribution in [0.4, 0.5) is 0 Å². The van der Waals surface area contributed by atoms with Gasteiger partial charge < -0.3 is 4.74 Å². The van der Waals surface area contributed by atoms with Gasteiger partial charge in [0.05, 0.1) is 14.7 Å². The predicted molar refractivity (Wildman–Crippen MR) is 56.5 cm³/mol. The lowest BCUT2D eigenvalue weighted by Gasteiger charge is -2.37. The lowest BCUT2D eigenvalue weighted by atomic mass is 10.0. The molecule has 0 saturated carbocycles. The van der Waals surface area contributed by atoms with Crippen LogP contribution in [0, 0.1) is 0 Å². The van der Waals surface area contributed by atoms with Gasteiger partial charge in [-0.05, 0) is 25.7 Å². The van der Waals surface area contributed by atoms with Crippen LogP contribution >= 0.6 is 0 Å². The summed E-state index contributed by atoms with van der Waals surface area (Å²) in [5, 5.41) is 0.418. The first kappa shape index (κ1) is 10.3. The number of hydrogen-bond acceptors (Lipinski definition) is 1. The first-order valence-electron chi connectivity index (χ1n) is 5.47. The van der Waals surface area contributed by atoms with Crippen LogP contribution in [0.2, 0.25) is 6.04 Å². The van der Waals surface area contributed by atoms with Gasteiger partial charge in [0.25, 0.3) is 0 Å². The molecule has 0 radical (unpaired) electrons. The molecule has 1 fully saturated rings. The van der Waals surface area contributed by atoms with E-state index in [0.717, 1.165) is 6.61 Å². The van der Waals surface area contributed by atoms with Crippen LogP contribution in [0.25, 0.3) is 0 Å². The molecule has 1 saturated heterocycles. The summed E-state index contributed by atoms with van der Waals surface area (Å²) in [5.74, 6) is 0. The molecule has 0 N–H and O–H groups in total. The normalized spacial score (nSPS) is 31.5. The van der Waals surface area contributed by atoms with Crippen molar-refractivity contribution in [3.8, 4) is 0 Å². The first-order chi connectivity index (χ1) is 5.83. The van der Waals surface area contributed by atoms with Crippen molar-refractivity contribution in [3.05, 3.63) is 0 Å². The van der Waals surface area contributed by atoms with Crippen molar-refractivity contribution < 1.29 is 4.74 Å².